The van der Waals surface area contributed by atoms with Gasteiger partial charge in [0, 0.05) is 11.6 Å². The molecule has 2 aromatic rings. The first kappa shape index (κ1) is 12.0. The number of nitrogens with one attached hydrogen (secondary N) is 1. The van der Waals surface area contributed by atoms with Crippen LogP contribution in [0.2, 0.25) is 0 Å². The molecule has 5 heteroatoms. The van der Waals surface area contributed by atoms with E-state index >= 15 is 0 Å². The van der Waals surface area contributed by atoms with Crippen molar-refractivity contribution in [3.63, 3.8) is 0 Å². The number of benzene rings is 2. The Kier molecular flexibility index (Phi) is 3.23. The standard InChI is InChI=1S/C13H10F2N2O/c14-9-5-8(6-10(15)7-9)13(18)17-12-4-2-1-3-11(12)16/h1-7H,16H2,(H,17,18). The van der Waals surface area contributed by atoms with E-state index in [1.165, 1.54) is 0 Å². The summed E-state index contributed by atoms with van der Waals surface area (Å²) >= 11 is 0. The first-order valence-corrected chi connectivity index (χ1v) is 5.18. The Bertz CT molecular complexity index is 579. The van der Waals surface area contributed by atoms with Gasteiger partial charge >= 0.3 is 0 Å². The molecular formula is C13H10F2N2O. The molecule has 0 saturated heterocycles. The van der Waals surface area contributed by atoms with Gasteiger partial charge < -0.3 is 11.1 Å². The highest BCUT2D eigenvalue weighted by Gasteiger charge is 2.10. The second kappa shape index (κ2) is 4.83. The molecule has 0 aromatic heterocycles. The van der Waals surface area contributed by atoms with E-state index in [1.54, 1.807) is 24.3 Å². The molecule has 92 valence electrons. The molecule has 0 aliphatic heterocycles. The van der Waals surface area contributed by atoms with Crippen LogP contribution >= 0.6 is 0 Å². The molecule has 2 aromatic carbocycles. The molecule has 18 heavy (non-hydrogen) atoms. The SMILES string of the molecule is Nc1ccccc1NC(=O)c1cc(F)cc(F)c1. The van der Waals surface area contributed by atoms with Gasteiger partial charge in [0.1, 0.15) is 11.6 Å². The van der Waals surface area contributed by atoms with Gasteiger partial charge in [-0.15, -0.1) is 0 Å². The number of hydrogen-bond donors (Lipinski definition) is 2. The largest absolute Gasteiger partial charge is 0.397 e. The van der Waals surface area contributed by atoms with Crippen molar-refractivity contribution in [1.29, 1.82) is 0 Å². The minimum atomic E-state index is -0.804. The van der Waals surface area contributed by atoms with Crippen LogP contribution in [-0.2, 0) is 0 Å². The zero-order valence-electron chi connectivity index (χ0n) is 9.28. The number of anilines is 2. The fourth-order valence-corrected chi connectivity index (χ4v) is 1.49. The quantitative estimate of drug-likeness (QED) is 0.803. The van der Waals surface area contributed by atoms with Crippen molar-refractivity contribution in [2.24, 2.45) is 0 Å². The molecule has 0 heterocycles. The van der Waals surface area contributed by atoms with Gasteiger partial charge in [-0.25, -0.2) is 8.78 Å². The Labute approximate surface area is 102 Å². The van der Waals surface area contributed by atoms with Crippen molar-refractivity contribution in [2.45, 2.75) is 0 Å². The fraction of sp³-hybridized carbons (Fsp3) is 0. The van der Waals surface area contributed by atoms with Gasteiger partial charge in [-0.1, -0.05) is 12.1 Å². The maximum atomic E-state index is 13.0. The molecule has 0 radical (unpaired) electrons. The molecule has 0 bridgehead atoms. The third-order valence-corrected chi connectivity index (χ3v) is 2.33. The molecule has 3 N–H and O–H groups in total. The molecule has 0 aliphatic carbocycles. The van der Waals surface area contributed by atoms with Crippen molar-refractivity contribution in [3.8, 4) is 0 Å². The van der Waals surface area contributed by atoms with E-state index in [4.69, 9.17) is 5.73 Å². The van der Waals surface area contributed by atoms with Crippen LogP contribution in [-0.4, -0.2) is 5.91 Å². The number of nitrogen functional groups attached to an aromatic ring is 1. The summed E-state index contributed by atoms with van der Waals surface area (Å²) in [6.45, 7) is 0. The maximum absolute atomic E-state index is 13.0. The predicted molar refractivity (Wildman–Crippen MR) is 65.2 cm³/mol. The van der Waals surface area contributed by atoms with E-state index in [0.29, 0.717) is 17.4 Å². The van der Waals surface area contributed by atoms with E-state index in [2.05, 4.69) is 5.32 Å². The van der Waals surface area contributed by atoms with Crippen LogP contribution in [0.5, 0.6) is 0 Å². The van der Waals surface area contributed by atoms with Gasteiger partial charge in [0.2, 0.25) is 0 Å². The molecule has 0 spiro atoms. The number of amides is 1. The monoisotopic (exact) mass is 248 g/mol. The number of nitrogens with two attached hydrogens (primary N) is 1. The number of halogens is 2. The van der Waals surface area contributed by atoms with Gasteiger partial charge in [-0.05, 0) is 24.3 Å². The molecule has 0 aliphatic rings. The van der Waals surface area contributed by atoms with Crippen molar-refractivity contribution in [3.05, 3.63) is 59.7 Å². The number of hydrogen-bond acceptors (Lipinski definition) is 2. The average molecular weight is 248 g/mol. The zero-order valence-corrected chi connectivity index (χ0v) is 9.28. The number of carbonyl (C=O) groups excluding carboxylic acids is 1. The zero-order chi connectivity index (χ0) is 13.1. The number of rotatable bonds is 2. The Hall–Kier alpha value is -2.43. The summed E-state index contributed by atoms with van der Waals surface area (Å²) in [7, 11) is 0. The topological polar surface area (TPSA) is 55.1 Å². The fourth-order valence-electron chi connectivity index (χ4n) is 1.49. The summed E-state index contributed by atoms with van der Waals surface area (Å²) in [4.78, 5) is 11.8. The van der Waals surface area contributed by atoms with Gasteiger partial charge in [-0.2, -0.15) is 0 Å². The number of para-hydroxylation sites is 2. The molecule has 0 unspecified atom stereocenters. The summed E-state index contributed by atoms with van der Waals surface area (Å²) in [6, 6.07) is 9.23. The van der Waals surface area contributed by atoms with E-state index < -0.39 is 17.5 Å². The second-order valence-electron chi connectivity index (χ2n) is 3.70. The van der Waals surface area contributed by atoms with Gasteiger partial charge in [0.05, 0.1) is 11.4 Å². The van der Waals surface area contributed by atoms with Crippen molar-refractivity contribution in [2.75, 3.05) is 11.1 Å². The van der Waals surface area contributed by atoms with Crippen LogP contribution in [0.25, 0.3) is 0 Å². The summed E-state index contributed by atoms with van der Waals surface area (Å²) < 4.78 is 25.9. The van der Waals surface area contributed by atoms with Gasteiger partial charge in [0.25, 0.3) is 5.91 Å². The lowest BCUT2D eigenvalue weighted by atomic mass is 10.2. The third-order valence-electron chi connectivity index (χ3n) is 2.33. The van der Waals surface area contributed by atoms with Crippen LogP contribution < -0.4 is 11.1 Å². The van der Waals surface area contributed by atoms with Crippen LogP contribution in [0, 0.1) is 11.6 Å². The van der Waals surface area contributed by atoms with Gasteiger partial charge in [-0.3, -0.25) is 4.79 Å². The molecular weight excluding hydrogens is 238 g/mol. The van der Waals surface area contributed by atoms with Crippen LogP contribution in [0.3, 0.4) is 0 Å². The molecule has 0 atom stereocenters. The Morgan fingerprint density at radius 3 is 2.28 bits per heavy atom. The maximum Gasteiger partial charge on any atom is 0.255 e. The lowest BCUT2D eigenvalue weighted by Crippen LogP contribution is -2.13. The smallest absolute Gasteiger partial charge is 0.255 e. The van der Waals surface area contributed by atoms with E-state index in [9.17, 15) is 13.6 Å². The molecule has 3 nitrogen and oxygen atoms in total. The summed E-state index contributed by atoms with van der Waals surface area (Å²) in [5.74, 6) is -2.23. The lowest BCUT2D eigenvalue weighted by molar-refractivity contribution is 0.102. The second-order valence-corrected chi connectivity index (χ2v) is 3.70. The summed E-state index contributed by atoms with van der Waals surface area (Å²) in [5.41, 5.74) is 6.32. The summed E-state index contributed by atoms with van der Waals surface area (Å²) in [6.07, 6.45) is 0. The van der Waals surface area contributed by atoms with Crippen molar-refractivity contribution in [1.82, 2.24) is 0 Å². The summed E-state index contributed by atoms with van der Waals surface area (Å²) in [5, 5.41) is 2.48. The highest BCUT2D eigenvalue weighted by molar-refractivity contribution is 6.05. The Morgan fingerprint density at radius 1 is 1.06 bits per heavy atom. The normalized spacial score (nSPS) is 10.1. The van der Waals surface area contributed by atoms with Crippen molar-refractivity contribution >= 4 is 17.3 Å². The average Bonchev–Trinajstić information content (AvgIpc) is 2.31. The molecule has 0 saturated carbocycles. The molecule has 1 amide bonds. The highest BCUT2D eigenvalue weighted by Crippen LogP contribution is 2.18. The van der Waals surface area contributed by atoms with Crippen LogP contribution in [0.4, 0.5) is 20.2 Å². The van der Waals surface area contributed by atoms with Crippen LogP contribution in [0.1, 0.15) is 10.4 Å². The number of carbonyl (C=O) groups is 1. The highest BCUT2D eigenvalue weighted by atomic mass is 19.1. The predicted octanol–water partition coefficient (Wildman–Crippen LogP) is 2.80. The van der Waals surface area contributed by atoms with Crippen LogP contribution in [0.15, 0.2) is 42.5 Å². The van der Waals surface area contributed by atoms with E-state index in [0.717, 1.165) is 12.1 Å². The Balaban J connectivity index is 2.25. The van der Waals surface area contributed by atoms with E-state index in [-0.39, 0.29) is 5.56 Å². The lowest BCUT2D eigenvalue weighted by Gasteiger charge is -2.07. The first-order chi connectivity index (χ1) is 8.56. The van der Waals surface area contributed by atoms with Crippen molar-refractivity contribution < 1.29 is 13.6 Å². The minimum absolute atomic E-state index is 0.101. The van der Waals surface area contributed by atoms with Gasteiger partial charge in [0.15, 0.2) is 0 Å². The first-order valence-electron chi connectivity index (χ1n) is 5.18. The van der Waals surface area contributed by atoms with E-state index in [1.807, 2.05) is 0 Å². The third kappa shape index (κ3) is 2.63. The molecule has 2 rings (SSSR count). The minimum Gasteiger partial charge on any atom is -0.397 e. The Morgan fingerprint density at radius 2 is 1.67 bits per heavy atom. The molecule has 0 fully saturated rings.